The van der Waals surface area contributed by atoms with Gasteiger partial charge in [-0.1, -0.05) is 16.8 Å². The van der Waals surface area contributed by atoms with Gasteiger partial charge in [0, 0.05) is 35.4 Å². The van der Waals surface area contributed by atoms with Gasteiger partial charge in [0.25, 0.3) is 0 Å². The maximum Gasteiger partial charge on any atom is 0.151 e. The summed E-state index contributed by atoms with van der Waals surface area (Å²) in [4.78, 5) is 7.40. The summed E-state index contributed by atoms with van der Waals surface area (Å²) >= 11 is 7.54. The zero-order valence-electron chi connectivity index (χ0n) is 11.5. The molecule has 0 bridgehead atoms. The summed E-state index contributed by atoms with van der Waals surface area (Å²) in [7, 11) is 2.04. The van der Waals surface area contributed by atoms with E-state index in [2.05, 4.69) is 15.0 Å². The molecule has 0 saturated carbocycles. The highest BCUT2D eigenvalue weighted by Gasteiger charge is 2.10. The van der Waals surface area contributed by atoms with Crippen LogP contribution >= 0.6 is 22.9 Å². The van der Waals surface area contributed by atoms with Crippen molar-refractivity contribution in [2.24, 2.45) is 0 Å². The molecule has 0 aliphatic heterocycles. The van der Waals surface area contributed by atoms with Crippen LogP contribution in [-0.2, 0) is 13.1 Å². The lowest BCUT2D eigenvalue weighted by atomic mass is 10.2. The lowest BCUT2D eigenvalue weighted by Gasteiger charge is -2.12. The summed E-state index contributed by atoms with van der Waals surface area (Å²) in [5, 5.41) is 4.10. The lowest BCUT2D eigenvalue weighted by molar-refractivity contribution is 0.268. The van der Waals surface area contributed by atoms with Crippen molar-refractivity contribution in [3.05, 3.63) is 57.7 Å². The standard InChI is InChI=1S/C15H14ClN3OS/c1-19(10-13-2-3-15(16)21-13)9-12-8-14(18-20-12)11-4-6-17-7-5-11/h2-8H,9-10H2,1H3. The molecular formula is C15H14ClN3OS. The zero-order valence-corrected chi connectivity index (χ0v) is 13.1. The highest BCUT2D eigenvalue weighted by molar-refractivity contribution is 7.16. The topological polar surface area (TPSA) is 42.2 Å². The van der Waals surface area contributed by atoms with Crippen LogP contribution in [0, 0.1) is 0 Å². The Morgan fingerprint density at radius 3 is 2.71 bits per heavy atom. The fourth-order valence-corrected chi connectivity index (χ4v) is 3.24. The predicted octanol–water partition coefficient (Wildman–Crippen LogP) is 4.08. The first-order valence-corrected chi connectivity index (χ1v) is 7.69. The van der Waals surface area contributed by atoms with Gasteiger partial charge in [-0.3, -0.25) is 9.88 Å². The fraction of sp³-hybridized carbons (Fsp3) is 0.200. The number of aromatic nitrogens is 2. The highest BCUT2D eigenvalue weighted by Crippen LogP contribution is 2.23. The lowest BCUT2D eigenvalue weighted by Crippen LogP contribution is -2.16. The minimum atomic E-state index is 0.702. The minimum absolute atomic E-state index is 0.702. The van der Waals surface area contributed by atoms with Gasteiger partial charge >= 0.3 is 0 Å². The highest BCUT2D eigenvalue weighted by atomic mass is 35.5. The van der Waals surface area contributed by atoms with Gasteiger partial charge in [0.05, 0.1) is 10.9 Å². The summed E-state index contributed by atoms with van der Waals surface area (Å²) in [5.74, 6) is 0.840. The molecule has 21 heavy (non-hydrogen) atoms. The van der Waals surface area contributed by atoms with Crippen molar-refractivity contribution in [3.63, 3.8) is 0 Å². The van der Waals surface area contributed by atoms with Crippen molar-refractivity contribution in [1.29, 1.82) is 0 Å². The van der Waals surface area contributed by atoms with E-state index in [-0.39, 0.29) is 0 Å². The van der Waals surface area contributed by atoms with Crippen LogP contribution in [0.3, 0.4) is 0 Å². The first-order chi connectivity index (χ1) is 10.2. The van der Waals surface area contributed by atoms with Crippen LogP contribution in [0.25, 0.3) is 11.3 Å². The molecule has 6 heteroatoms. The maximum atomic E-state index is 5.94. The molecule has 0 spiro atoms. The molecule has 0 aliphatic carbocycles. The Hall–Kier alpha value is -1.69. The number of rotatable bonds is 5. The fourth-order valence-electron chi connectivity index (χ4n) is 2.07. The second kappa shape index (κ2) is 6.39. The molecule has 0 aromatic carbocycles. The molecule has 0 saturated heterocycles. The number of nitrogens with zero attached hydrogens (tertiary/aromatic N) is 3. The SMILES string of the molecule is CN(Cc1cc(-c2ccncc2)no1)Cc1ccc(Cl)s1. The molecule has 3 aromatic rings. The van der Waals surface area contributed by atoms with Crippen molar-refractivity contribution < 1.29 is 4.52 Å². The van der Waals surface area contributed by atoms with Crippen molar-refractivity contribution in [1.82, 2.24) is 15.0 Å². The van der Waals surface area contributed by atoms with Crippen LogP contribution in [0.2, 0.25) is 4.34 Å². The van der Waals surface area contributed by atoms with Crippen molar-refractivity contribution in [3.8, 4) is 11.3 Å². The van der Waals surface area contributed by atoms with E-state index >= 15 is 0 Å². The van der Waals surface area contributed by atoms with Gasteiger partial charge < -0.3 is 4.52 Å². The Labute approximate surface area is 132 Å². The Balaban J connectivity index is 1.64. The smallest absolute Gasteiger partial charge is 0.151 e. The van der Waals surface area contributed by atoms with Crippen LogP contribution in [0.4, 0.5) is 0 Å². The third kappa shape index (κ3) is 3.69. The molecule has 4 nitrogen and oxygen atoms in total. The number of hydrogen-bond donors (Lipinski definition) is 0. The van der Waals surface area contributed by atoms with E-state index in [1.807, 2.05) is 37.4 Å². The quantitative estimate of drug-likeness (QED) is 0.710. The van der Waals surface area contributed by atoms with E-state index in [1.54, 1.807) is 23.7 Å². The minimum Gasteiger partial charge on any atom is -0.359 e. The van der Waals surface area contributed by atoms with Gasteiger partial charge in [0.15, 0.2) is 5.76 Å². The summed E-state index contributed by atoms with van der Waals surface area (Å²) < 4.78 is 6.22. The normalized spacial score (nSPS) is 11.2. The Morgan fingerprint density at radius 1 is 1.19 bits per heavy atom. The molecular weight excluding hydrogens is 306 g/mol. The van der Waals surface area contributed by atoms with E-state index < -0.39 is 0 Å². The first kappa shape index (κ1) is 14.3. The van der Waals surface area contributed by atoms with Crippen LogP contribution < -0.4 is 0 Å². The number of thiophene rings is 1. The van der Waals surface area contributed by atoms with Crippen molar-refractivity contribution >= 4 is 22.9 Å². The monoisotopic (exact) mass is 319 g/mol. The molecule has 0 radical (unpaired) electrons. The maximum absolute atomic E-state index is 5.94. The van der Waals surface area contributed by atoms with E-state index in [4.69, 9.17) is 16.1 Å². The zero-order chi connectivity index (χ0) is 14.7. The summed E-state index contributed by atoms with van der Waals surface area (Å²) in [5.41, 5.74) is 1.84. The number of pyridine rings is 1. The van der Waals surface area contributed by atoms with Gasteiger partial charge in [-0.05, 0) is 31.3 Å². The summed E-state index contributed by atoms with van der Waals surface area (Å²) in [6.45, 7) is 1.54. The number of halogens is 1. The molecule has 0 fully saturated rings. The molecule has 0 amide bonds. The Kier molecular flexibility index (Phi) is 4.34. The molecule has 3 rings (SSSR count). The van der Waals surface area contributed by atoms with Crippen molar-refractivity contribution in [2.45, 2.75) is 13.1 Å². The third-order valence-corrected chi connectivity index (χ3v) is 4.23. The van der Waals surface area contributed by atoms with Crippen LogP contribution in [-0.4, -0.2) is 22.1 Å². The average Bonchev–Trinajstić information content (AvgIpc) is 3.09. The van der Waals surface area contributed by atoms with Crippen LogP contribution in [0.5, 0.6) is 0 Å². The van der Waals surface area contributed by atoms with Gasteiger partial charge in [-0.25, -0.2) is 0 Å². The molecule has 3 heterocycles. The van der Waals surface area contributed by atoms with Gasteiger partial charge in [-0.2, -0.15) is 0 Å². The van der Waals surface area contributed by atoms with E-state index in [0.717, 1.165) is 27.9 Å². The van der Waals surface area contributed by atoms with Crippen molar-refractivity contribution in [2.75, 3.05) is 7.05 Å². The molecule has 3 aromatic heterocycles. The molecule has 108 valence electrons. The van der Waals surface area contributed by atoms with Gasteiger partial charge in [-0.15, -0.1) is 11.3 Å². The average molecular weight is 320 g/mol. The van der Waals surface area contributed by atoms with Gasteiger partial charge in [0.2, 0.25) is 0 Å². The molecule has 0 atom stereocenters. The van der Waals surface area contributed by atoms with Crippen LogP contribution in [0.15, 0.2) is 47.2 Å². The molecule has 0 aliphatic rings. The van der Waals surface area contributed by atoms with Gasteiger partial charge in [0.1, 0.15) is 5.69 Å². The first-order valence-electron chi connectivity index (χ1n) is 6.49. The largest absolute Gasteiger partial charge is 0.359 e. The summed E-state index contributed by atoms with van der Waals surface area (Å²) in [6, 6.07) is 9.77. The summed E-state index contributed by atoms with van der Waals surface area (Å²) in [6.07, 6.45) is 3.49. The van der Waals surface area contributed by atoms with E-state index in [1.165, 1.54) is 4.88 Å². The molecule has 0 unspecified atom stereocenters. The second-order valence-electron chi connectivity index (χ2n) is 4.79. The third-order valence-electron chi connectivity index (χ3n) is 3.02. The van der Waals surface area contributed by atoms with Crippen LogP contribution in [0.1, 0.15) is 10.6 Å². The Bertz CT molecular complexity index is 711. The molecule has 0 N–H and O–H groups in total. The van der Waals surface area contributed by atoms with E-state index in [9.17, 15) is 0 Å². The predicted molar refractivity (Wildman–Crippen MR) is 84.2 cm³/mol. The van der Waals surface area contributed by atoms with E-state index in [0.29, 0.717) is 6.54 Å². The second-order valence-corrected chi connectivity index (χ2v) is 6.59. The Morgan fingerprint density at radius 2 is 2.00 bits per heavy atom. The number of hydrogen-bond acceptors (Lipinski definition) is 5.